The highest BCUT2D eigenvalue weighted by molar-refractivity contribution is 7.86. The minimum Gasteiger partial charge on any atom is -0.388 e. The van der Waals surface area contributed by atoms with Gasteiger partial charge < -0.3 is 8.92 Å². The van der Waals surface area contributed by atoms with Gasteiger partial charge in [0.25, 0.3) is 16.4 Å². The van der Waals surface area contributed by atoms with Gasteiger partial charge in [-0.1, -0.05) is 24.3 Å². The summed E-state index contributed by atoms with van der Waals surface area (Å²) in [6, 6.07) is 7.85. The fourth-order valence-corrected chi connectivity index (χ4v) is 3.24. The van der Waals surface area contributed by atoms with Gasteiger partial charge in [-0.3, -0.25) is 9.11 Å². The number of allylic oxidation sites excluding steroid dienone is 2. The minimum absolute atomic E-state index is 0.0337. The van der Waals surface area contributed by atoms with Crippen LogP contribution in [0, 0.1) is 11.5 Å². The largest absolute Gasteiger partial charge is 0.388 e. The highest BCUT2D eigenvalue weighted by Gasteiger charge is 2.15. The number of nitrogens with zero attached hydrogens (tertiary/aromatic N) is 2. The van der Waals surface area contributed by atoms with Crippen LogP contribution in [-0.4, -0.2) is 27.8 Å². The Balaban J connectivity index is 2.34. The van der Waals surface area contributed by atoms with Crippen LogP contribution in [0.15, 0.2) is 58.4 Å². The first-order valence-corrected chi connectivity index (χ1v) is 10.2. The summed E-state index contributed by atoms with van der Waals surface area (Å²) < 4.78 is 61.7. The van der Waals surface area contributed by atoms with Crippen molar-refractivity contribution in [3.05, 3.63) is 59.7 Å². The van der Waals surface area contributed by atoms with E-state index in [0.29, 0.717) is 5.56 Å². The molecule has 2 aromatic carbocycles. The number of rotatable bonds is 8. The first-order chi connectivity index (χ1) is 14.2. The lowest BCUT2D eigenvalue weighted by Gasteiger charge is -2.05. The van der Waals surface area contributed by atoms with E-state index in [1.54, 1.807) is 0 Å². The summed E-state index contributed by atoms with van der Waals surface area (Å²) >= 11 is -2.61. The minimum atomic E-state index is -4.58. The lowest BCUT2D eigenvalue weighted by Crippen LogP contribution is -2.01. The van der Waals surface area contributed by atoms with Gasteiger partial charge in [-0.25, -0.2) is 4.79 Å². The molecule has 0 radical (unpaired) electrons. The lowest BCUT2D eigenvalue weighted by molar-refractivity contribution is 0.457. The second-order valence-electron chi connectivity index (χ2n) is 5.31. The molecule has 0 amide bonds. The quantitative estimate of drug-likeness (QED) is 0.154. The molecule has 12 heteroatoms. The third kappa shape index (κ3) is 6.49. The molecule has 0 saturated heterocycles. The smallest absolute Gasteiger partial charge is 0.357 e. The predicted octanol–water partition coefficient (Wildman–Crippen LogP) is 3.00. The van der Waals surface area contributed by atoms with Gasteiger partial charge in [0.15, 0.2) is 5.75 Å². The first kappa shape index (κ1) is 22.7. The standard InChI is InChI=1S/C18H12N2O8S2/c19-11-27-16-8-6-14(18(10-16)30(24,25)26)4-2-1-3-13-5-7-15(20-12-21)9-17(13)28-29(22)23/h1-10H,(H,22,23)(H,24,25,26)/b3-1+,4-2+. The van der Waals surface area contributed by atoms with E-state index < -0.39 is 26.4 Å². The zero-order valence-corrected chi connectivity index (χ0v) is 16.5. The predicted molar refractivity (Wildman–Crippen MR) is 106 cm³/mol. The van der Waals surface area contributed by atoms with E-state index in [-0.39, 0.29) is 22.7 Å². The Morgan fingerprint density at radius 1 is 1.10 bits per heavy atom. The number of aliphatic imine (C=N–C) groups is 1. The molecular weight excluding hydrogens is 436 g/mol. The van der Waals surface area contributed by atoms with Crippen molar-refractivity contribution in [3.63, 3.8) is 0 Å². The summed E-state index contributed by atoms with van der Waals surface area (Å²) in [5.41, 5.74) is 0.645. The zero-order valence-electron chi connectivity index (χ0n) is 14.8. The average molecular weight is 448 g/mol. The van der Waals surface area contributed by atoms with Crippen LogP contribution in [-0.2, 0) is 26.3 Å². The summed E-state index contributed by atoms with van der Waals surface area (Å²) in [6.45, 7) is 0. The number of ether oxygens (including phenoxy) is 1. The topological polar surface area (TPSA) is 163 Å². The number of isocyanates is 1. The molecule has 1 atom stereocenters. The monoisotopic (exact) mass is 448 g/mol. The lowest BCUT2D eigenvalue weighted by atomic mass is 10.1. The Bertz CT molecular complexity index is 1220. The molecule has 0 aliphatic carbocycles. The number of nitriles is 1. The van der Waals surface area contributed by atoms with Gasteiger partial charge in [0.05, 0.1) is 5.69 Å². The molecule has 0 aliphatic rings. The number of hydrogen-bond donors (Lipinski definition) is 2. The van der Waals surface area contributed by atoms with E-state index in [1.807, 2.05) is 0 Å². The molecule has 154 valence electrons. The van der Waals surface area contributed by atoms with Crippen molar-refractivity contribution in [3.8, 4) is 17.8 Å². The van der Waals surface area contributed by atoms with Gasteiger partial charge in [0.2, 0.25) is 6.08 Å². The van der Waals surface area contributed by atoms with Crippen LogP contribution in [0.5, 0.6) is 11.5 Å². The SMILES string of the molecule is N#COc1ccc(/C=C/C=C/c2ccc(N=C=O)cc2OS(=O)O)c(S(=O)(=O)O)c1. The third-order valence-electron chi connectivity index (χ3n) is 3.42. The Hall–Kier alpha value is -3.59. The van der Waals surface area contributed by atoms with Gasteiger partial charge in [-0.2, -0.15) is 17.6 Å². The first-order valence-electron chi connectivity index (χ1n) is 7.78. The van der Waals surface area contributed by atoms with E-state index in [4.69, 9.17) is 14.0 Å². The van der Waals surface area contributed by atoms with Crippen molar-refractivity contribution in [1.82, 2.24) is 0 Å². The van der Waals surface area contributed by atoms with Crippen molar-refractivity contribution in [2.24, 2.45) is 4.99 Å². The van der Waals surface area contributed by atoms with Gasteiger partial charge >= 0.3 is 11.4 Å². The summed E-state index contributed by atoms with van der Waals surface area (Å²) in [4.78, 5) is 13.3. The molecule has 2 N–H and O–H groups in total. The Morgan fingerprint density at radius 3 is 2.37 bits per heavy atom. The fraction of sp³-hybridized carbons (Fsp3) is 0. The Kier molecular flexibility index (Phi) is 7.76. The van der Waals surface area contributed by atoms with Gasteiger partial charge in [-0.05, 0) is 29.8 Å². The highest BCUT2D eigenvalue weighted by atomic mass is 32.2. The summed E-state index contributed by atoms with van der Waals surface area (Å²) in [7, 11) is -4.58. The Morgan fingerprint density at radius 2 is 1.77 bits per heavy atom. The number of benzene rings is 2. The normalized spacial score (nSPS) is 12.3. The summed E-state index contributed by atoms with van der Waals surface area (Å²) in [5.74, 6) is -0.0942. The molecule has 0 aliphatic heterocycles. The van der Waals surface area contributed by atoms with Crippen LogP contribution in [0.4, 0.5) is 5.69 Å². The molecule has 0 spiro atoms. The molecular formula is C18H12N2O8S2. The number of hydrogen-bond acceptors (Lipinski definition) is 8. The van der Waals surface area contributed by atoms with E-state index in [0.717, 1.165) is 6.07 Å². The molecule has 1 unspecified atom stereocenters. The molecule has 2 rings (SSSR count). The van der Waals surface area contributed by atoms with Crippen molar-refractivity contribution in [2.75, 3.05) is 0 Å². The maximum Gasteiger partial charge on any atom is 0.357 e. The third-order valence-corrected chi connectivity index (χ3v) is 4.65. The van der Waals surface area contributed by atoms with E-state index in [1.165, 1.54) is 67.0 Å². The molecule has 10 nitrogen and oxygen atoms in total. The van der Waals surface area contributed by atoms with Crippen LogP contribution >= 0.6 is 0 Å². The maximum atomic E-state index is 11.6. The molecule has 30 heavy (non-hydrogen) atoms. The fourth-order valence-electron chi connectivity index (χ4n) is 2.24. The van der Waals surface area contributed by atoms with Crippen molar-refractivity contribution < 1.29 is 35.4 Å². The van der Waals surface area contributed by atoms with E-state index in [2.05, 4.69) is 9.73 Å². The number of carbonyl (C=O) groups excluding carboxylic acids is 1. The Labute approximate surface area is 173 Å². The second kappa shape index (κ2) is 10.3. The molecule has 0 bridgehead atoms. The van der Waals surface area contributed by atoms with Crippen LogP contribution in [0.1, 0.15) is 11.1 Å². The van der Waals surface area contributed by atoms with Crippen molar-refractivity contribution in [1.29, 1.82) is 5.26 Å². The summed E-state index contributed by atoms with van der Waals surface area (Å²) in [5, 5.41) is 8.51. The van der Waals surface area contributed by atoms with Gasteiger partial charge in [0.1, 0.15) is 10.6 Å². The zero-order chi connectivity index (χ0) is 22.1. The van der Waals surface area contributed by atoms with Crippen molar-refractivity contribution >= 4 is 45.4 Å². The molecule has 0 fully saturated rings. The second-order valence-corrected chi connectivity index (χ2v) is 7.30. The van der Waals surface area contributed by atoms with Crippen LogP contribution in [0.3, 0.4) is 0 Å². The van der Waals surface area contributed by atoms with E-state index in [9.17, 15) is 22.0 Å². The van der Waals surface area contributed by atoms with Gasteiger partial charge in [0, 0.05) is 17.7 Å². The van der Waals surface area contributed by atoms with Crippen LogP contribution < -0.4 is 8.92 Å². The molecule has 2 aromatic rings. The van der Waals surface area contributed by atoms with Crippen LogP contribution in [0.2, 0.25) is 0 Å². The van der Waals surface area contributed by atoms with Gasteiger partial charge in [-0.15, -0.1) is 5.26 Å². The van der Waals surface area contributed by atoms with Crippen molar-refractivity contribution in [2.45, 2.75) is 4.90 Å². The molecule has 0 heterocycles. The highest BCUT2D eigenvalue weighted by Crippen LogP contribution is 2.27. The molecule has 0 saturated carbocycles. The van der Waals surface area contributed by atoms with E-state index >= 15 is 0 Å². The average Bonchev–Trinajstić information content (AvgIpc) is 2.66. The summed E-state index contributed by atoms with van der Waals surface area (Å²) in [6.07, 6.45) is 8.49. The van der Waals surface area contributed by atoms with Crippen LogP contribution in [0.25, 0.3) is 12.2 Å². The molecule has 0 aromatic heterocycles. The maximum absolute atomic E-state index is 11.6.